The maximum Gasteiger partial charge on any atom is 0.262 e. The van der Waals surface area contributed by atoms with Gasteiger partial charge in [-0.2, -0.15) is 0 Å². The average Bonchev–Trinajstić information content (AvgIpc) is 2.74. The van der Waals surface area contributed by atoms with Crippen LogP contribution in [0.25, 0.3) is 0 Å². The highest BCUT2D eigenvalue weighted by Crippen LogP contribution is 2.09. The number of nitrogens with one attached hydrogen (secondary N) is 1. The first-order valence-corrected chi connectivity index (χ1v) is 4.73. The number of rotatable bonds is 1. The van der Waals surface area contributed by atoms with Crippen LogP contribution in [0.15, 0.2) is 22.0 Å². The third kappa shape index (κ3) is 1.89. The Bertz CT molecular complexity index is 334. The summed E-state index contributed by atoms with van der Waals surface area (Å²) in [4.78, 5) is 15.4. The van der Waals surface area contributed by atoms with Crippen molar-refractivity contribution < 1.29 is 9.32 Å². The fourth-order valence-corrected chi connectivity index (χ4v) is 1.62. The van der Waals surface area contributed by atoms with Crippen LogP contribution in [0.3, 0.4) is 0 Å². The molecule has 1 N–H and O–H groups in total. The molecule has 0 bridgehead atoms. The second-order valence-corrected chi connectivity index (χ2v) is 3.49. The lowest BCUT2D eigenvalue weighted by atomic mass is 10.3. The van der Waals surface area contributed by atoms with Gasteiger partial charge in [-0.3, -0.25) is 9.79 Å². The van der Waals surface area contributed by atoms with Gasteiger partial charge in [-0.1, -0.05) is 16.9 Å². The first-order chi connectivity index (χ1) is 6.36. The van der Waals surface area contributed by atoms with Crippen molar-refractivity contribution >= 4 is 22.8 Å². The molecule has 0 atom stereocenters. The molecule has 0 aromatic carbocycles. The monoisotopic (exact) mass is 197 g/mol. The number of hydrogen-bond acceptors (Lipinski definition) is 5. The molecule has 0 fully saturated rings. The number of hydrogen-bond donors (Lipinski definition) is 1. The SMILES string of the molecule is O=C(NC1=NCCS1)c1cnoc1. The van der Waals surface area contributed by atoms with Gasteiger partial charge in [-0.05, 0) is 0 Å². The van der Waals surface area contributed by atoms with E-state index in [9.17, 15) is 4.79 Å². The average molecular weight is 197 g/mol. The predicted octanol–water partition coefficient (Wildman–Crippen LogP) is 0.507. The van der Waals surface area contributed by atoms with E-state index >= 15 is 0 Å². The van der Waals surface area contributed by atoms with E-state index in [-0.39, 0.29) is 5.91 Å². The number of aliphatic imine (C=N–C) groups is 1. The van der Waals surface area contributed by atoms with Gasteiger partial charge in [0.1, 0.15) is 6.26 Å². The molecule has 1 amide bonds. The van der Waals surface area contributed by atoms with Crippen molar-refractivity contribution in [2.24, 2.45) is 4.99 Å². The van der Waals surface area contributed by atoms with Gasteiger partial charge in [0, 0.05) is 5.75 Å². The molecule has 2 rings (SSSR count). The fourth-order valence-electron chi connectivity index (χ4n) is 0.897. The summed E-state index contributed by atoms with van der Waals surface area (Å²) >= 11 is 1.54. The molecule has 1 aliphatic heterocycles. The van der Waals surface area contributed by atoms with E-state index in [0.717, 1.165) is 12.3 Å². The molecular weight excluding hydrogens is 190 g/mol. The van der Waals surface area contributed by atoms with Gasteiger partial charge in [0.05, 0.1) is 18.3 Å². The lowest BCUT2D eigenvalue weighted by Gasteiger charge is -1.99. The minimum Gasteiger partial charge on any atom is -0.364 e. The quantitative estimate of drug-likeness (QED) is 0.712. The van der Waals surface area contributed by atoms with Crippen LogP contribution in [-0.4, -0.2) is 28.5 Å². The van der Waals surface area contributed by atoms with Crippen LogP contribution in [-0.2, 0) is 0 Å². The summed E-state index contributed by atoms with van der Waals surface area (Å²) in [6.07, 6.45) is 2.67. The molecule has 0 saturated heterocycles. The van der Waals surface area contributed by atoms with Crippen LogP contribution in [0.2, 0.25) is 0 Å². The first kappa shape index (κ1) is 8.31. The van der Waals surface area contributed by atoms with Gasteiger partial charge in [-0.25, -0.2) is 0 Å². The summed E-state index contributed by atoms with van der Waals surface area (Å²) in [6.45, 7) is 0.768. The number of aromatic nitrogens is 1. The van der Waals surface area contributed by atoms with Crippen LogP contribution in [0.4, 0.5) is 0 Å². The maximum atomic E-state index is 11.4. The third-order valence-electron chi connectivity index (χ3n) is 1.50. The maximum absolute atomic E-state index is 11.4. The minimum atomic E-state index is -0.227. The Morgan fingerprint density at radius 3 is 3.23 bits per heavy atom. The number of carbonyl (C=O) groups is 1. The summed E-state index contributed by atoms with van der Waals surface area (Å²) in [5.41, 5.74) is 0.412. The fraction of sp³-hybridized carbons (Fsp3) is 0.286. The highest BCUT2D eigenvalue weighted by atomic mass is 32.2. The van der Waals surface area contributed by atoms with Gasteiger partial charge < -0.3 is 9.84 Å². The zero-order chi connectivity index (χ0) is 9.10. The van der Waals surface area contributed by atoms with Crippen LogP contribution in [0, 0.1) is 0 Å². The summed E-state index contributed by atoms with van der Waals surface area (Å²) < 4.78 is 4.54. The van der Waals surface area contributed by atoms with E-state index in [1.165, 1.54) is 24.2 Å². The van der Waals surface area contributed by atoms with Crippen molar-refractivity contribution in [1.29, 1.82) is 0 Å². The molecule has 0 aliphatic carbocycles. The molecule has 5 nitrogen and oxygen atoms in total. The van der Waals surface area contributed by atoms with Crippen LogP contribution in [0.1, 0.15) is 10.4 Å². The van der Waals surface area contributed by atoms with Gasteiger partial charge in [-0.15, -0.1) is 0 Å². The zero-order valence-corrected chi connectivity index (χ0v) is 7.50. The number of thioether (sulfide) groups is 1. The first-order valence-electron chi connectivity index (χ1n) is 3.74. The molecule has 1 aromatic rings. The number of amidine groups is 1. The lowest BCUT2D eigenvalue weighted by Crippen LogP contribution is -2.26. The standard InChI is InChI=1S/C7H7N3O2S/c11-6(5-3-9-12-4-5)10-7-8-1-2-13-7/h3-4H,1-2H2,(H,8,10,11). The summed E-state index contributed by atoms with van der Waals surface area (Å²) in [5.74, 6) is 0.702. The Hall–Kier alpha value is -1.30. The van der Waals surface area contributed by atoms with Gasteiger partial charge >= 0.3 is 0 Å². The summed E-state index contributed by atoms with van der Waals surface area (Å²) in [6, 6.07) is 0. The Labute approximate surface area is 78.6 Å². The minimum absolute atomic E-state index is 0.227. The second-order valence-electron chi connectivity index (χ2n) is 2.40. The Morgan fingerprint density at radius 1 is 1.69 bits per heavy atom. The van der Waals surface area contributed by atoms with E-state index in [4.69, 9.17) is 0 Å². The topological polar surface area (TPSA) is 67.5 Å². The smallest absolute Gasteiger partial charge is 0.262 e. The van der Waals surface area contributed by atoms with Gasteiger partial charge in [0.25, 0.3) is 5.91 Å². The van der Waals surface area contributed by atoms with Gasteiger partial charge in [0.15, 0.2) is 5.17 Å². The summed E-state index contributed by atoms with van der Waals surface area (Å²) in [5, 5.41) is 6.76. The molecule has 1 aromatic heterocycles. The molecule has 0 spiro atoms. The highest BCUT2D eigenvalue weighted by Gasteiger charge is 2.13. The number of amides is 1. The lowest BCUT2D eigenvalue weighted by molar-refractivity contribution is 0.0977. The molecule has 1 aliphatic rings. The van der Waals surface area contributed by atoms with Gasteiger partial charge in [0.2, 0.25) is 0 Å². The van der Waals surface area contributed by atoms with E-state index in [1.807, 2.05) is 0 Å². The Balaban J connectivity index is 1.99. The number of carbonyl (C=O) groups excluding carboxylic acids is 1. The van der Waals surface area contributed by atoms with Crippen molar-refractivity contribution in [2.45, 2.75) is 0 Å². The van der Waals surface area contributed by atoms with Crippen molar-refractivity contribution in [3.8, 4) is 0 Å². The third-order valence-corrected chi connectivity index (χ3v) is 2.39. The van der Waals surface area contributed by atoms with Crippen LogP contribution in [0.5, 0.6) is 0 Å². The largest absolute Gasteiger partial charge is 0.364 e. The van der Waals surface area contributed by atoms with Crippen molar-refractivity contribution in [3.05, 3.63) is 18.0 Å². The van der Waals surface area contributed by atoms with Crippen molar-refractivity contribution in [3.63, 3.8) is 0 Å². The van der Waals surface area contributed by atoms with E-state index in [2.05, 4.69) is 20.0 Å². The highest BCUT2D eigenvalue weighted by molar-refractivity contribution is 8.14. The van der Waals surface area contributed by atoms with Crippen LogP contribution >= 0.6 is 11.8 Å². The molecule has 0 unspecified atom stereocenters. The molecular formula is C7H7N3O2S. The summed E-state index contributed by atoms with van der Waals surface area (Å²) in [7, 11) is 0. The normalized spacial score (nSPS) is 15.5. The zero-order valence-electron chi connectivity index (χ0n) is 6.69. The van der Waals surface area contributed by atoms with E-state index in [1.54, 1.807) is 0 Å². The van der Waals surface area contributed by atoms with Crippen molar-refractivity contribution in [1.82, 2.24) is 10.5 Å². The second kappa shape index (κ2) is 3.61. The van der Waals surface area contributed by atoms with E-state index in [0.29, 0.717) is 10.7 Å². The molecule has 0 radical (unpaired) electrons. The Kier molecular flexibility index (Phi) is 2.31. The molecule has 68 valence electrons. The molecule has 6 heteroatoms. The van der Waals surface area contributed by atoms with E-state index < -0.39 is 0 Å². The number of nitrogens with zero attached hydrogens (tertiary/aromatic N) is 2. The molecule has 0 saturated carbocycles. The molecule has 13 heavy (non-hydrogen) atoms. The molecule has 2 heterocycles. The predicted molar refractivity (Wildman–Crippen MR) is 48.7 cm³/mol. The Morgan fingerprint density at radius 2 is 2.62 bits per heavy atom. The van der Waals surface area contributed by atoms with Crippen LogP contribution < -0.4 is 5.32 Å². The van der Waals surface area contributed by atoms with Crippen molar-refractivity contribution in [2.75, 3.05) is 12.3 Å².